The molecule has 1 aliphatic rings. The van der Waals surface area contributed by atoms with Gasteiger partial charge in [0.05, 0.1) is 5.56 Å². The van der Waals surface area contributed by atoms with E-state index in [0.29, 0.717) is 11.5 Å². The minimum Gasteiger partial charge on any atom is -0.383 e. The lowest BCUT2D eigenvalue weighted by Gasteiger charge is -2.04. The van der Waals surface area contributed by atoms with Crippen LogP contribution in [0.3, 0.4) is 0 Å². The zero-order valence-electron chi connectivity index (χ0n) is 7.95. The zero-order chi connectivity index (χ0) is 10.1. The first-order valence-electron chi connectivity index (χ1n) is 4.57. The Hall–Kier alpha value is -1.65. The fraction of sp³-hybridized carbons (Fsp3) is 0.444. The molecule has 5 nitrogen and oxygen atoms in total. The molecule has 74 valence electrons. The molecule has 0 radical (unpaired) electrons. The summed E-state index contributed by atoms with van der Waals surface area (Å²) in [6, 6.07) is 0. The number of aromatic nitrogens is 2. The Kier molecular flexibility index (Phi) is 2.07. The molecule has 3 N–H and O–H groups in total. The van der Waals surface area contributed by atoms with Crippen molar-refractivity contribution in [3.63, 3.8) is 0 Å². The molecule has 0 aromatic carbocycles. The van der Waals surface area contributed by atoms with Crippen molar-refractivity contribution in [1.29, 1.82) is 0 Å². The fourth-order valence-electron chi connectivity index (χ4n) is 1.26. The summed E-state index contributed by atoms with van der Waals surface area (Å²) in [6.07, 6.45) is 3.74. The van der Waals surface area contributed by atoms with Gasteiger partial charge in [-0.1, -0.05) is 0 Å². The van der Waals surface area contributed by atoms with E-state index in [0.717, 1.165) is 18.7 Å². The molecule has 0 bridgehead atoms. The van der Waals surface area contributed by atoms with Crippen LogP contribution in [0, 0.1) is 0 Å². The van der Waals surface area contributed by atoms with Crippen molar-refractivity contribution in [3.8, 4) is 0 Å². The van der Waals surface area contributed by atoms with E-state index in [1.165, 1.54) is 6.20 Å². The van der Waals surface area contributed by atoms with Crippen LogP contribution < -0.4 is 11.1 Å². The van der Waals surface area contributed by atoms with E-state index in [1.807, 2.05) is 0 Å². The third-order valence-corrected chi connectivity index (χ3v) is 2.25. The van der Waals surface area contributed by atoms with Crippen molar-refractivity contribution in [2.75, 3.05) is 12.8 Å². The lowest BCUT2D eigenvalue weighted by Crippen LogP contribution is -2.20. The van der Waals surface area contributed by atoms with Crippen LogP contribution in [0.15, 0.2) is 6.20 Å². The number of hydrogen-bond donors (Lipinski definition) is 2. The lowest BCUT2D eigenvalue weighted by atomic mass is 10.3. The van der Waals surface area contributed by atoms with Crippen LogP contribution >= 0.6 is 0 Å². The normalized spacial score (nSPS) is 15.2. The highest BCUT2D eigenvalue weighted by Crippen LogP contribution is 2.38. The summed E-state index contributed by atoms with van der Waals surface area (Å²) >= 11 is 0. The van der Waals surface area contributed by atoms with Crippen LogP contribution in [0.2, 0.25) is 0 Å². The van der Waals surface area contributed by atoms with E-state index in [-0.39, 0.29) is 11.7 Å². The number of nitrogens with two attached hydrogens (primary N) is 1. The molecule has 0 atom stereocenters. The third-order valence-electron chi connectivity index (χ3n) is 2.25. The maximum atomic E-state index is 11.3. The van der Waals surface area contributed by atoms with Gasteiger partial charge >= 0.3 is 0 Å². The van der Waals surface area contributed by atoms with Gasteiger partial charge in [0, 0.05) is 19.2 Å². The molecule has 5 heteroatoms. The number of anilines is 1. The Morgan fingerprint density at radius 1 is 1.64 bits per heavy atom. The first-order chi connectivity index (χ1) is 6.72. The van der Waals surface area contributed by atoms with Gasteiger partial charge in [-0.15, -0.1) is 0 Å². The van der Waals surface area contributed by atoms with Crippen LogP contribution in [0.1, 0.15) is 34.9 Å². The minimum absolute atomic E-state index is 0.246. The number of amides is 1. The summed E-state index contributed by atoms with van der Waals surface area (Å²) in [5.41, 5.74) is 6.00. The molecule has 0 spiro atoms. The Balaban J connectivity index is 2.30. The number of hydrogen-bond acceptors (Lipinski definition) is 4. The van der Waals surface area contributed by atoms with Crippen molar-refractivity contribution in [2.45, 2.75) is 18.8 Å². The molecular formula is C9H12N4O. The largest absolute Gasteiger partial charge is 0.383 e. The van der Waals surface area contributed by atoms with Crippen LogP contribution in [0.5, 0.6) is 0 Å². The van der Waals surface area contributed by atoms with Gasteiger partial charge in [-0.05, 0) is 12.8 Å². The van der Waals surface area contributed by atoms with Crippen LogP contribution in [-0.4, -0.2) is 22.9 Å². The first kappa shape index (κ1) is 8.93. The Morgan fingerprint density at radius 2 is 2.36 bits per heavy atom. The smallest absolute Gasteiger partial charge is 0.256 e. The number of nitrogens with zero attached hydrogens (tertiary/aromatic N) is 2. The fourth-order valence-corrected chi connectivity index (χ4v) is 1.26. The van der Waals surface area contributed by atoms with Gasteiger partial charge < -0.3 is 11.1 Å². The SMILES string of the molecule is CNC(=O)c1cnc(C2CC2)nc1N. The Morgan fingerprint density at radius 3 is 2.86 bits per heavy atom. The van der Waals surface area contributed by atoms with E-state index in [9.17, 15) is 4.79 Å². The highest BCUT2D eigenvalue weighted by Gasteiger charge is 2.27. The van der Waals surface area contributed by atoms with E-state index < -0.39 is 0 Å². The highest BCUT2D eigenvalue weighted by atomic mass is 16.1. The molecule has 0 unspecified atom stereocenters. The van der Waals surface area contributed by atoms with Crippen molar-refractivity contribution < 1.29 is 4.79 Å². The molecule has 1 fully saturated rings. The van der Waals surface area contributed by atoms with Gasteiger partial charge in [-0.25, -0.2) is 9.97 Å². The second kappa shape index (κ2) is 3.25. The third kappa shape index (κ3) is 1.53. The number of carbonyl (C=O) groups excluding carboxylic acids is 1. The summed E-state index contributed by atoms with van der Waals surface area (Å²) in [4.78, 5) is 19.5. The molecule has 1 amide bonds. The Labute approximate surface area is 81.7 Å². The van der Waals surface area contributed by atoms with E-state index in [1.54, 1.807) is 7.05 Å². The summed E-state index contributed by atoms with van der Waals surface area (Å²) in [6.45, 7) is 0. The first-order valence-corrected chi connectivity index (χ1v) is 4.57. The van der Waals surface area contributed by atoms with E-state index >= 15 is 0 Å². The average Bonchev–Trinajstić information content (AvgIpc) is 3.00. The molecule has 2 rings (SSSR count). The molecule has 1 saturated carbocycles. The van der Waals surface area contributed by atoms with Crippen molar-refractivity contribution in [2.24, 2.45) is 0 Å². The van der Waals surface area contributed by atoms with Gasteiger partial charge in [-0.3, -0.25) is 4.79 Å². The van der Waals surface area contributed by atoms with E-state index in [2.05, 4.69) is 15.3 Å². The molecule has 0 saturated heterocycles. The predicted molar refractivity (Wildman–Crippen MR) is 51.8 cm³/mol. The van der Waals surface area contributed by atoms with Gasteiger partial charge in [0.1, 0.15) is 11.6 Å². The van der Waals surface area contributed by atoms with Crippen molar-refractivity contribution in [3.05, 3.63) is 17.6 Å². The molecular weight excluding hydrogens is 180 g/mol. The average molecular weight is 192 g/mol. The second-order valence-electron chi connectivity index (χ2n) is 3.38. The maximum Gasteiger partial charge on any atom is 0.256 e. The molecule has 1 aromatic heterocycles. The van der Waals surface area contributed by atoms with Gasteiger partial charge in [0.25, 0.3) is 5.91 Å². The summed E-state index contributed by atoms with van der Waals surface area (Å²) in [5.74, 6) is 1.23. The maximum absolute atomic E-state index is 11.3. The second-order valence-corrected chi connectivity index (χ2v) is 3.38. The predicted octanol–water partition coefficient (Wildman–Crippen LogP) is 0.296. The highest BCUT2D eigenvalue weighted by molar-refractivity contribution is 5.97. The van der Waals surface area contributed by atoms with Crippen molar-refractivity contribution in [1.82, 2.24) is 15.3 Å². The molecule has 14 heavy (non-hydrogen) atoms. The standard InChI is InChI=1S/C9H12N4O/c1-11-9(14)6-4-12-8(5-2-3-5)13-7(6)10/h4-5H,2-3H2,1H3,(H,11,14)(H2,10,12,13). The molecule has 1 heterocycles. The summed E-state index contributed by atoms with van der Waals surface area (Å²) < 4.78 is 0. The minimum atomic E-state index is -0.246. The monoisotopic (exact) mass is 192 g/mol. The number of rotatable bonds is 2. The number of carbonyl (C=O) groups is 1. The van der Waals surface area contributed by atoms with Gasteiger partial charge in [0.15, 0.2) is 0 Å². The zero-order valence-corrected chi connectivity index (χ0v) is 7.95. The summed E-state index contributed by atoms with van der Waals surface area (Å²) in [7, 11) is 1.55. The van der Waals surface area contributed by atoms with Gasteiger partial charge in [0.2, 0.25) is 0 Å². The number of nitrogen functional groups attached to an aromatic ring is 1. The van der Waals surface area contributed by atoms with Crippen LogP contribution in [0.25, 0.3) is 0 Å². The lowest BCUT2D eigenvalue weighted by molar-refractivity contribution is 0.0963. The Bertz CT molecular complexity index is 373. The molecule has 1 aromatic rings. The quantitative estimate of drug-likeness (QED) is 0.706. The van der Waals surface area contributed by atoms with E-state index in [4.69, 9.17) is 5.73 Å². The number of nitrogens with one attached hydrogen (secondary N) is 1. The molecule has 1 aliphatic carbocycles. The summed E-state index contributed by atoms with van der Waals surface area (Å²) in [5, 5.41) is 2.49. The van der Waals surface area contributed by atoms with Gasteiger partial charge in [-0.2, -0.15) is 0 Å². The van der Waals surface area contributed by atoms with Crippen LogP contribution in [-0.2, 0) is 0 Å². The topological polar surface area (TPSA) is 80.9 Å². The van der Waals surface area contributed by atoms with Crippen molar-refractivity contribution >= 4 is 11.7 Å². The molecule has 0 aliphatic heterocycles. The van der Waals surface area contributed by atoms with Crippen LogP contribution in [0.4, 0.5) is 5.82 Å².